The largest absolute Gasteiger partial charge is 0.478 e. The average molecular weight is 332 g/mol. The van der Waals surface area contributed by atoms with Gasteiger partial charge >= 0.3 is 5.97 Å². The van der Waals surface area contributed by atoms with Gasteiger partial charge in [-0.3, -0.25) is 0 Å². The topological polar surface area (TPSA) is 49.3 Å². The van der Waals surface area contributed by atoms with Crippen LogP contribution in [-0.2, 0) is 12.8 Å². The zero-order valence-electron chi connectivity index (χ0n) is 10.8. The number of carboxylic acid groups (broad SMARTS) is 1. The number of halogens is 1. The number of carbonyl (C=O) groups is 1. The molecule has 20 heavy (non-hydrogen) atoms. The summed E-state index contributed by atoms with van der Waals surface area (Å²) in [6.07, 6.45) is 1.86. The molecule has 1 aliphatic carbocycles. The molecule has 1 aliphatic rings. The van der Waals surface area contributed by atoms with Gasteiger partial charge in [0.1, 0.15) is 0 Å². The molecule has 2 aromatic carbocycles. The van der Waals surface area contributed by atoms with E-state index < -0.39 is 5.97 Å². The summed E-state index contributed by atoms with van der Waals surface area (Å²) in [5.41, 5.74) is 3.67. The van der Waals surface area contributed by atoms with Crippen LogP contribution < -0.4 is 5.32 Å². The van der Waals surface area contributed by atoms with Crippen molar-refractivity contribution in [3.63, 3.8) is 0 Å². The minimum absolute atomic E-state index is 0.250. The number of aromatic carboxylic acids is 1. The van der Waals surface area contributed by atoms with Crippen molar-refractivity contribution in [3.8, 4) is 0 Å². The summed E-state index contributed by atoms with van der Waals surface area (Å²) in [6, 6.07) is 13.8. The zero-order valence-corrected chi connectivity index (χ0v) is 12.4. The van der Waals surface area contributed by atoms with Gasteiger partial charge in [-0.15, -0.1) is 0 Å². The Bertz CT molecular complexity index is 644. The molecule has 0 saturated heterocycles. The minimum Gasteiger partial charge on any atom is -0.478 e. The van der Waals surface area contributed by atoms with Crippen molar-refractivity contribution in [2.75, 3.05) is 5.32 Å². The Kier molecular flexibility index (Phi) is 3.49. The van der Waals surface area contributed by atoms with E-state index in [2.05, 4.69) is 33.4 Å². The first-order valence-corrected chi connectivity index (χ1v) is 7.29. The highest BCUT2D eigenvalue weighted by atomic mass is 79.9. The highest BCUT2D eigenvalue weighted by Crippen LogP contribution is 2.27. The molecule has 0 aromatic heterocycles. The first-order chi connectivity index (χ1) is 9.63. The molecular weight excluding hydrogens is 318 g/mol. The Hall–Kier alpha value is -1.81. The summed E-state index contributed by atoms with van der Waals surface area (Å²) in [4.78, 5) is 11.3. The van der Waals surface area contributed by atoms with E-state index in [0.717, 1.165) is 17.3 Å². The van der Waals surface area contributed by atoms with Crippen LogP contribution in [0.15, 0.2) is 46.9 Å². The average Bonchev–Trinajstić information content (AvgIpc) is 2.80. The van der Waals surface area contributed by atoms with Crippen LogP contribution in [0.1, 0.15) is 21.5 Å². The van der Waals surface area contributed by atoms with Crippen molar-refractivity contribution >= 4 is 27.6 Å². The van der Waals surface area contributed by atoms with Crippen LogP contribution in [0.3, 0.4) is 0 Å². The maximum atomic E-state index is 11.3. The van der Waals surface area contributed by atoms with E-state index >= 15 is 0 Å². The van der Waals surface area contributed by atoms with Crippen molar-refractivity contribution in [2.24, 2.45) is 0 Å². The molecular formula is C16H14BrNO2. The summed E-state index contributed by atoms with van der Waals surface area (Å²) in [5, 5.41) is 12.6. The fourth-order valence-electron chi connectivity index (χ4n) is 2.70. The van der Waals surface area contributed by atoms with Crippen molar-refractivity contribution in [2.45, 2.75) is 18.9 Å². The third-order valence-corrected chi connectivity index (χ3v) is 4.12. The van der Waals surface area contributed by atoms with Crippen LogP contribution in [-0.4, -0.2) is 17.1 Å². The third kappa shape index (κ3) is 2.56. The molecule has 0 radical (unpaired) electrons. The van der Waals surface area contributed by atoms with E-state index in [1.54, 1.807) is 12.1 Å². The van der Waals surface area contributed by atoms with E-state index in [9.17, 15) is 9.90 Å². The van der Waals surface area contributed by atoms with E-state index in [1.165, 1.54) is 11.1 Å². The van der Waals surface area contributed by atoms with E-state index in [1.807, 2.05) is 18.2 Å². The van der Waals surface area contributed by atoms with Gasteiger partial charge in [0, 0.05) is 10.5 Å². The quantitative estimate of drug-likeness (QED) is 0.900. The van der Waals surface area contributed by atoms with Gasteiger partial charge in [-0.1, -0.05) is 40.2 Å². The maximum Gasteiger partial charge on any atom is 0.337 e. The SMILES string of the molecule is O=C(O)c1ccc(Br)cc1NC1Cc2ccccc2C1. The molecule has 3 nitrogen and oxygen atoms in total. The first kappa shape index (κ1) is 13.2. The van der Waals surface area contributed by atoms with Crippen LogP contribution >= 0.6 is 15.9 Å². The normalized spacial score (nSPS) is 14.1. The summed E-state index contributed by atoms with van der Waals surface area (Å²) >= 11 is 3.39. The number of hydrogen-bond acceptors (Lipinski definition) is 2. The Morgan fingerprint density at radius 1 is 1.15 bits per heavy atom. The van der Waals surface area contributed by atoms with E-state index in [-0.39, 0.29) is 6.04 Å². The van der Waals surface area contributed by atoms with Crippen molar-refractivity contribution in [1.82, 2.24) is 0 Å². The number of rotatable bonds is 3. The van der Waals surface area contributed by atoms with Crippen LogP contribution in [0, 0.1) is 0 Å². The van der Waals surface area contributed by atoms with Crippen LogP contribution in [0.25, 0.3) is 0 Å². The zero-order chi connectivity index (χ0) is 14.1. The second kappa shape index (κ2) is 5.29. The summed E-state index contributed by atoms with van der Waals surface area (Å²) in [5.74, 6) is -0.907. The number of fused-ring (bicyclic) bond motifs is 1. The number of nitrogens with one attached hydrogen (secondary N) is 1. The molecule has 0 unspecified atom stereocenters. The molecule has 0 saturated carbocycles. The molecule has 0 aliphatic heterocycles. The lowest BCUT2D eigenvalue weighted by atomic mass is 10.1. The van der Waals surface area contributed by atoms with Crippen LogP contribution in [0.4, 0.5) is 5.69 Å². The minimum atomic E-state index is -0.907. The lowest BCUT2D eigenvalue weighted by Gasteiger charge is -2.16. The van der Waals surface area contributed by atoms with Gasteiger partial charge < -0.3 is 10.4 Å². The lowest BCUT2D eigenvalue weighted by Crippen LogP contribution is -2.21. The molecule has 0 amide bonds. The Balaban J connectivity index is 1.83. The fourth-order valence-corrected chi connectivity index (χ4v) is 3.06. The highest BCUT2D eigenvalue weighted by molar-refractivity contribution is 9.10. The summed E-state index contributed by atoms with van der Waals surface area (Å²) in [6.45, 7) is 0. The second-order valence-electron chi connectivity index (χ2n) is 5.01. The number of benzene rings is 2. The summed E-state index contributed by atoms with van der Waals surface area (Å²) < 4.78 is 0.875. The number of carboxylic acids is 1. The molecule has 2 aromatic rings. The van der Waals surface area contributed by atoms with Gasteiger partial charge in [0.2, 0.25) is 0 Å². The van der Waals surface area contributed by atoms with Crippen LogP contribution in [0.5, 0.6) is 0 Å². The predicted molar refractivity (Wildman–Crippen MR) is 82.4 cm³/mol. The van der Waals surface area contributed by atoms with Crippen molar-refractivity contribution < 1.29 is 9.90 Å². The predicted octanol–water partition coefficient (Wildman–Crippen LogP) is 3.73. The molecule has 102 valence electrons. The molecule has 0 fully saturated rings. The van der Waals surface area contributed by atoms with Crippen molar-refractivity contribution in [3.05, 3.63) is 63.6 Å². The van der Waals surface area contributed by atoms with Gasteiger partial charge in [-0.25, -0.2) is 4.79 Å². The Morgan fingerprint density at radius 2 is 1.80 bits per heavy atom. The second-order valence-corrected chi connectivity index (χ2v) is 5.93. The van der Waals surface area contributed by atoms with Gasteiger partial charge in [-0.2, -0.15) is 0 Å². The van der Waals surface area contributed by atoms with Gasteiger partial charge in [-0.05, 0) is 42.2 Å². The monoisotopic (exact) mass is 331 g/mol. The Labute approximate surface area is 125 Å². The summed E-state index contributed by atoms with van der Waals surface area (Å²) in [7, 11) is 0. The molecule has 4 heteroatoms. The van der Waals surface area contributed by atoms with Crippen molar-refractivity contribution in [1.29, 1.82) is 0 Å². The van der Waals surface area contributed by atoms with Gasteiger partial charge in [0.05, 0.1) is 11.3 Å². The smallest absolute Gasteiger partial charge is 0.337 e. The molecule has 0 atom stereocenters. The Morgan fingerprint density at radius 3 is 2.40 bits per heavy atom. The first-order valence-electron chi connectivity index (χ1n) is 6.49. The molecule has 2 N–H and O–H groups in total. The number of hydrogen-bond donors (Lipinski definition) is 2. The molecule has 3 rings (SSSR count). The molecule has 0 heterocycles. The molecule has 0 bridgehead atoms. The van der Waals surface area contributed by atoms with Gasteiger partial charge in [0.25, 0.3) is 0 Å². The maximum absolute atomic E-state index is 11.3. The third-order valence-electron chi connectivity index (χ3n) is 3.62. The standard InChI is InChI=1S/C16H14BrNO2/c17-12-5-6-14(16(19)20)15(9-12)18-13-7-10-3-1-2-4-11(10)8-13/h1-6,9,13,18H,7-8H2,(H,19,20). The fraction of sp³-hybridized carbons (Fsp3) is 0.188. The lowest BCUT2D eigenvalue weighted by molar-refractivity contribution is 0.0698. The van der Waals surface area contributed by atoms with E-state index in [0.29, 0.717) is 11.3 Å². The van der Waals surface area contributed by atoms with Gasteiger partial charge in [0.15, 0.2) is 0 Å². The molecule has 0 spiro atoms. The highest BCUT2D eigenvalue weighted by Gasteiger charge is 2.22. The van der Waals surface area contributed by atoms with Crippen LogP contribution in [0.2, 0.25) is 0 Å². The van der Waals surface area contributed by atoms with E-state index in [4.69, 9.17) is 0 Å². The number of anilines is 1.